The molecule has 1 aliphatic rings. The van der Waals surface area contributed by atoms with Crippen LogP contribution in [0.4, 0.5) is 5.82 Å². The lowest BCUT2D eigenvalue weighted by Crippen LogP contribution is -2.32. The summed E-state index contributed by atoms with van der Waals surface area (Å²) in [6, 6.07) is 0.341. The molecule has 0 aliphatic heterocycles. The molecule has 1 fully saturated rings. The summed E-state index contributed by atoms with van der Waals surface area (Å²) in [5.41, 5.74) is 0.694. The Labute approximate surface area is 119 Å². The molecule has 104 valence electrons. The Morgan fingerprint density at radius 2 is 2.16 bits per heavy atom. The van der Waals surface area contributed by atoms with Crippen molar-refractivity contribution >= 4 is 23.7 Å². The van der Waals surface area contributed by atoms with Crippen LogP contribution in [-0.4, -0.2) is 22.3 Å². The van der Waals surface area contributed by atoms with Crippen LogP contribution in [0.1, 0.15) is 55.7 Å². The third-order valence-corrected chi connectivity index (χ3v) is 3.96. The maximum absolute atomic E-state index is 11.1. The standard InChI is InChI=1S/C14H20ClN3O/c1-9-16-12(15)11(8-19)13(17-9)18-10-5-4-6-14(2,3)7-10/h8,10H,4-7H2,1-3H3,(H,16,17,18). The van der Waals surface area contributed by atoms with Gasteiger partial charge in [-0.25, -0.2) is 9.97 Å². The Morgan fingerprint density at radius 1 is 1.42 bits per heavy atom. The molecule has 4 nitrogen and oxygen atoms in total. The highest BCUT2D eigenvalue weighted by Crippen LogP contribution is 2.36. The highest BCUT2D eigenvalue weighted by atomic mass is 35.5. The molecule has 19 heavy (non-hydrogen) atoms. The Balaban J connectivity index is 2.21. The van der Waals surface area contributed by atoms with Gasteiger partial charge in [0, 0.05) is 6.04 Å². The largest absolute Gasteiger partial charge is 0.367 e. The fourth-order valence-corrected chi connectivity index (χ4v) is 3.03. The molecule has 0 aromatic carbocycles. The molecule has 5 heteroatoms. The van der Waals surface area contributed by atoms with Crippen LogP contribution in [0.25, 0.3) is 0 Å². The zero-order valence-electron chi connectivity index (χ0n) is 11.7. The minimum atomic E-state index is 0.222. The predicted molar refractivity (Wildman–Crippen MR) is 76.8 cm³/mol. The molecule has 0 bridgehead atoms. The van der Waals surface area contributed by atoms with Crippen LogP contribution >= 0.6 is 11.6 Å². The van der Waals surface area contributed by atoms with Gasteiger partial charge in [-0.1, -0.05) is 31.9 Å². The van der Waals surface area contributed by atoms with Crippen LogP contribution in [0.15, 0.2) is 0 Å². The lowest BCUT2D eigenvalue weighted by molar-refractivity contribution is 0.112. The minimum Gasteiger partial charge on any atom is -0.367 e. The van der Waals surface area contributed by atoms with E-state index in [9.17, 15) is 4.79 Å². The van der Waals surface area contributed by atoms with Gasteiger partial charge in [0.05, 0.1) is 5.56 Å². The van der Waals surface area contributed by atoms with Crippen molar-refractivity contribution in [2.24, 2.45) is 5.41 Å². The van der Waals surface area contributed by atoms with Crippen LogP contribution in [0.2, 0.25) is 5.15 Å². The van der Waals surface area contributed by atoms with E-state index in [1.54, 1.807) is 6.92 Å². The molecule has 1 aromatic heterocycles. The van der Waals surface area contributed by atoms with Crippen molar-refractivity contribution in [1.29, 1.82) is 0 Å². The van der Waals surface area contributed by atoms with Crippen LogP contribution in [0.5, 0.6) is 0 Å². The van der Waals surface area contributed by atoms with Crippen LogP contribution in [0.3, 0.4) is 0 Å². The average Bonchev–Trinajstić information content (AvgIpc) is 2.26. The molecule has 1 atom stereocenters. The number of nitrogens with one attached hydrogen (secondary N) is 1. The molecule has 2 rings (SSSR count). The van der Waals surface area contributed by atoms with Gasteiger partial charge in [0.1, 0.15) is 16.8 Å². The topological polar surface area (TPSA) is 54.9 Å². The molecule has 1 heterocycles. The van der Waals surface area contributed by atoms with Gasteiger partial charge in [-0.15, -0.1) is 0 Å². The lowest BCUT2D eigenvalue weighted by Gasteiger charge is -2.36. The van der Waals surface area contributed by atoms with E-state index < -0.39 is 0 Å². The van der Waals surface area contributed by atoms with Gasteiger partial charge in [0.25, 0.3) is 0 Å². The molecule has 0 spiro atoms. The summed E-state index contributed by atoms with van der Waals surface area (Å²) in [5, 5.41) is 3.59. The third-order valence-electron chi connectivity index (χ3n) is 3.67. The summed E-state index contributed by atoms with van der Waals surface area (Å²) >= 11 is 5.99. The molecule has 0 radical (unpaired) electrons. The van der Waals surface area contributed by atoms with Gasteiger partial charge in [-0.05, 0) is 31.6 Å². The highest BCUT2D eigenvalue weighted by molar-refractivity contribution is 6.32. The number of hydrogen-bond donors (Lipinski definition) is 1. The Morgan fingerprint density at radius 3 is 2.79 bits per heavy atom. The van der Waals surface area contributed by atoms with E-state index in [-0.39, 0.29) is 5.15 Å². The zero-order valence-corrected chi connectivity index (χ0v) is 12.4. The van der Waals surface area contributed by atoms with Gasteiger partial charge in [-0.3, -0.25) is 4.79 Å². The van der Waals surface area contributed by atoms with Gasteiger partial charge in [-0.2, -0.15) is 0 Å². The molecular formula is C14H20ClN3O. The molecule has 1 aromatic rings. The van der Waals surface area contributed by atoms with E-state index in [1.165, 1.54) is 12.8 Å². The predicted octanol–water partition coefficient (Wildman–Crippen LogP) is 3.63. The quantitative estimate of drug-likeness (QED) is 0.679. The van der Waals surface area contributed by atoms with Crippen LogP contribution in [-0.2, 0) is 0 Å². The summed E-state index contributed by atoms with van der Waals surface area (Å²) < 4.78 is 0. The molecule has 0 saturated heterocycles. The number of rotatable bonds is 3. The number of hydrogen-bond acceptors (Lipinski definition) is 4. The summed E-state index contributed by atoms with van der Waals surface area (Å²) in [5.74, 6) is 1.14. The monoisotopic (exact) mass is 281 g/mol. The molecule has 1 unspecified atom stereocenters. The summed E-state index contributed by atoms with van der Waals surface area (Å²) in [6.07, 6.45) is 5.33. The van der Waals surface area contributed by atoms with Crippen molar-refractivity contribution in [2.45, 2.75) is 52.5 Å². The van der Waals surface area contributed by atoms with Crippen molar-refractivity contribution in [3.8, 4) is 0 Å². The fraction of sp³-hybridized carbons (Fsp3) is 0.643. The highest BCUT2D eigenvalue weighted by Gasteiger charge is 2.28. The maximum atomic E-state index is 11.1. The van der Waals surface area contributed by atoms with Gasteiger partial charge >= 0.3 is 0 Å². The summed E-state index contributed by atoms with van der Waals surface area (Å²) in [6.45, 7) is 6.33. The number of halogens is 1. The summed E-state index contributed by atoms with van der Waals surface area (Å²) in [7, 11) is 0. The first kappa shape index (κ1) is 14.3. The van der Waals surface area contributed by atoms with Crippen molar-refractivity contribution in [2.75, 3.05) is 5.32 Å². The molecule has 1 saturated carbocycles. The van der Waals surface area contributed by atoms with Crippen molar-refractivity contribution in [1.82, 2.24) is 9.97 Å². The number of carbonyl (C=O) groups excluding carboxylic acids is 1. The molecular weight excluding hydrogens is 262 g/mol. The number of nitrogens with zero attached hydrogens (tertiary/aromatic N) is 2. The number of aromatic nitrogens is 2. The number of carbonyl (C=O) groups is 1. The number of anilines is 1. The van der Waals surface area contributed by atoms with Gasteiger partial charge in [0.2, 0.25) is 0 Å². The first-order valence-electron chi connectivity index (χ1n) is 6.67. The van der Waals surface area contributed by atoms with Crippen molar-refractivity contribution in [3.63, 3.8) is 0 Å². The fourth-order valence-electron chi connectivity index (χ4n) is 2.78. The zero-order chi connectivity index (χ0) is 14.0. The second-order valence-electron chi connectivity index (χ2n) is 6.04. The average molecular weight is 282 g/mol. The molecule has 0 amide bonds. The van der Waals surface area contributed by atoms with Gasteiger partial charge in [0.15, 0.2) is 6.29 Å². The van der Waals surface area contributed by atoms with Crippen LogP contribution in [0, 0.1) is 12.3 Å². The number of aryl methyl sites for hydroxylation is 1. The van der Waals surface area contributed by atoms with E-state index in [0.29, 0.717) is 28.7 Å². The maximum Gasteiger partial charge on any atom is 0.156 e. The van der Waals surface area contributed by atoms with Gasteiger partial charge < -0.3 is 5.32 Å². The first-order chi connectivity index (χ1) is 8.91. The first-order valence-corrected chi connectivity index (χ1v) is 7.05. The van der Waals surface area contributed by atoms with Crippen molar-refractivity contribution < 1.29 is 4.79 Å². The van der Waals surface area contributed by atoms with E-state index >= 15 is 0 Å². The lowest BCUT2D eigenvalue weighted by atomic mass is 9.75. The minimum absolute atomic E-state index is 0.222. The Hall–Kier alpha value is -1.16. The normalized spacial score (nSPS) is 22.0. The third kappa shape index (κ3) is 3.44. The summed E-state index contributed by atoms with van der Waals surface area (Å²) in [4.78, 5) is 19.4. The second kappa shape index (κ2) is 5.45. The Bertz CT molecular complexity index is 488. The van der Waals surface area contributed by atoms with Crippen LogP contribution < -0.4 is 5.32 Å². The molecule has 1 N–H and O–H groups in total. The smallest absolute Gasteiger partial charge is 0.156 e. The van der Waals surface area contributed by atoms with Crippen molar-refractivity contribution in [3.05, 3.63) is 16.5 Å². The van der Waals surface area contributed by atoms with E-state index in [4.69, 9.17) is 11.6 Å². The second-order valence-corrected chi connectivity index (χ2v) is 6.40. The SMILES string of the molecule is Cc1nc(Cl)c(C=O)c(NC2CCCC(C)(C)C2)n1. The van der Waals surface area contributed by atoms with E-state index in [2.05, 4.69) is 29.1 Å². The van der Waals surface area contributed by atoms with E-state index in [0.717, 1.165) is 19.1 Å². The number of aldehydes is 1. The Kier molecular flexibility index (Phi) is 4.09. The van der Waals surface area contributed by atoms with E-state index in [1.807, 2.05) is 0 Å². The molecule has 1 aliphatic carbocycles.